The lowest BCUT2D eigenvalue weighted by atomic mass is 10.1. The SMILES string of the molecule is CC(=O)N1C(c2ccccc2)=NNc2c1cnc1ccccc21.Cl. The van der Waals surface area contributed by atoms with Crippen LogP contribution >= 0.6 is 12.4 Å². The lowest BCUT2D eigenvalue weighted by Crippen LogP contribution is -2.39. The first kappa shape index (κ1) is 16.0. The molecule has 5 nitrogen and oxygen atoms in total. The Balaban J connectivity index is 0.00000169. The van der Waals surface area contributed by atoms with Gasteiger partial charge in [-0.3, -0.25) is 20.1 Å². The molecule has 1 aliphatic heterocycles. The molecule has 0 saturated heterocycles. The third-order valence-corrected chi connectivity index (χ3v) is 3.83. The summed E-state index contributed by atoms with van der Waals surface area (Å²) in [5.74, 6) is 0.468. The van der Waals surface area contributed by atoms with Gasteiger partial charge in [0.05, 0.1) is 23.1 Å². The number of halogens is 1. The lowest BCUT2D eigenvalue weighted by Gasteiger charge is -2.29. The number of amidine groups is 1. The summed E-state index contributed by atoms with van der Waals surface area (Å²) >= 11 is 0. The number of carbonyl (C=O) groups is 1. The van der Waals surface area contributed by atoms with E-state index < -0.39 is 0 Å². The number of nitrogens with zero attached hydrogens (tertiary/aromatic N) is 3. The number of pyridine rings is 1. The Kier molecular flexibility index (Phi) is 4.18. The number of benzene rings is 2. The molecule has 0 saturated carbocycles. The quantitative estimate of drug-likeness (QED) is 0.734. The molecular formula is C18H15ClN4O. The Morgan fingerprint density at radius 1 is 1.04 bits per heavy atom. The topological polar surface area (TPSA) is 57.6 Å². The monoisotopic (exact) mass is 338 g/mol. The van der Waals surface area contributed by atoms with Gasteiger partial charge < -0.3 is 0 Å². The maximum absolute atomic E-state index is 12.3. The van der Waals surface area contributed by atoms with E-state index >= 15 is 0 Å². The third kappa shape index (κ3) is 2.49. The van der Waals surface area contributed by atoms with Crippen molar-refractivity contribution in [2.45, 2.75) is 6.92 Å². The molecule has 24 heavy (non-hydrogen) atoms. The van der Waals surface area contributed by atoms with E-state index in [1.165, 1.54) is 6.92 Å². The molecular weight excluding hydrogens is 324 g/mol. The number of rotatable bonds is 1. The van der Waals surface area contributed by atoms with Crippen molar-refractivity contribution in [2.75, 3.05) is 10.3 Å². The highest BCUT2D eigenvalue weighted by Crippen LogP contribution is 2.36. The number of anilines is 2. The summed E-state index contributed by atoms with van der Waals surface area (Å²) in [7, 11) is 0. The minimum atomic E-state index is -0.104. The van der Waals surface area contributed by atoms with Crippen LogP contribution in [0.3, 0.4) is 0 Å². The molecule has 1 aromatic heterocycles. The van der Waals surface area contributed by atoms with Gasteiger partial charge in [-0.15, -0.1) is 12.4 Å². The molecule has 3 aromatic rings. The Labute approximate surface area is 145 Å². The molecule has 1 amide bonds. The van der Waals surface area contributed by atoms with Crippen molar-refractivity contribution in [2.24, 2.45) is 5.10 Å². The van der Waals surface area contributed by atoms with Gasteiger partial charge in [-0.25, -0.2) is 0 Å². The molecule has 0 spiro atoms. The minimum Gasteiger partial charge on any atom is -0.274 e. The van der Waals surface area contributed by atoms with Crippen molar-refractivity contribution in [1.29, 1.82) is 0 Å². The predicted octanol–water partition coefficient (Wildman–Crippen LogP) is 3.80. The molecule has 1 aliphatic rings. The van der Waals surface area contributed by atoms with Crippen LogP contribution in [-0.4, -0.2) is 16.7 Å². The summed E-state index contributed by atoms with van der Waals surface area (Å²) in [5, 5.41) is 5.37. The highest BCUT2D eigenvalue weighted by Gasteiger charge is 2.27. The average molecular weight is 339 g/mol. The van der Waals surface area contributed by atoms with Crippen molar-refractivity contribution >= 4 is 46.4 Å². The largest absolute Gasteiger partial charge is 0.274 e. The van der Waals surface area contributed by atoms with E-state index in [1.54, 1.807) is 11.1 Å². The molecule has 0 fully saturated rings. The van der Waals surface area contributed by atoms with Crippen LogP contribution in [0.1, 0.15) is 12.5 Å². The first-order valence-electron chi connectivity index (χ1n) is 7.33. The number of nitrogens with one attached hydrogen (secondary N) is 1. The fourth-order valence-corrected chi connectivity index (χ4v) is 2.79. The molecule has 0 unspecified atom stereocenters. The van der Waals surface area contributed by atoms with E-state index in [4.69, 9.17) is 0 Å². The normalized spacial score (nSPS) is 12.7. The molecule has 1 N–H and O–H groups in total. The van der Waals surface area contributed by atoms with Gasteiger partial charge in [0.1, 0.15) is 0 Å². The summed E-state index contributed by atoms with van der Waals surface area (Å²) in [6.07, 6.45) is 1.71. The van der Waals surface area contributed by atoms with Gasteiger partial charge in [-0.1, -0.05) is 48.5 Å². The van der Waals surface area contributed by atoms with Gasteiger partial charge in [0, 0.05) is 17.9 Å². The molecule has 0 bridgehead atoms. The highest BCUT2D eigenvalue weighted by molar-refractivity contribution is 6.26. The molecule has 2 heterocycles. The van der Waals surface area contributed by atoms with Crippen LogP contribution < -0.4 is 10.3 Å². The fourth-order valence-electron chi connectivity index (χ4n) is 2.79. The van der Waals surface area contributed by atoms with Crippen molar-refractivity contribution < 1.29 is 4.79 Å². The Hall–Kier alpha value is -2.92. The zero-order valence-electron chi connectivity index (χ0n) is 12.9. The number of carbonyl (C=O) groups excluding carboxylic acids is 1. The van der Waals surface area contributed by atoms with Crippen LogP contribution in [0.4, 0.5) is 11.4 Å². The van der Waals surface area contributed by atoms with Crippen molar-refractivity contribution in [1.82, 2.24) is 4.98 Å². The van der Waals surface area contributed by atoms with Gasteiger partial charge in [-0.2, -0.15) is 5.10 Å². The lowest BCUT2D eigenvalue weighted by molar-refractivity contribution is -0.115. The van der Waals surface area contributed by atoms with Crippen LogP contribution in [0.2, 0.25) is 0 Å². The highest BCUT2D eigenvalue weighted by atomic mass is 35.5. The van der Waals surface area contributed by atoms with Crippen LogP contribution in [0.5, 0.6) is 0 Å². The summed E-state index contributed by atoms with van der Waals surface area (Å²) < 4.78 is 0. The van der Waals surface area contributed by atoms with E-state index in [0.717, 1.165) is 22.2 Å². The zero-order chi connectivity index (χ0) is 15.8. The predicted molar refractivity (Wildman–Crippen MR) is 98.8 cm³/mol. The summed E-state index contributed by atoms with van der Waals surface area (Å²) in [6, 6.07) is 17.4. The first-order valence-corrected chi connectivity index (χ1v) is 7.33. The Bertz CT molecular complexity index is 940. The number of hydrazone groups is 1. The second kappa shape index (κ2) is 6.29. The van der Waals surface area contributed by atoms with Crippen LogP contribution in [0, 0.1) is 0 Å². The van der Waals surface area contributed by atoms with Crippen LogP contribution in [0.25, 0.3) is 10.9 Å². The molecule has 6 heteroatoms. The summed E-state index contributed by atoms with van der Waals surface area (Å²) in [6.45, 7) is 1.53. The maximum Gasteiger partial charge on any atom is 0.229 e. The molecule has 0 radical (unpaired) electrons. The number of amides is 1. The number of fused-ring (bicyclic) bond motifs is 3. The second-order valence-electron chi connectivity index (χ2n) is 5.30. The Morgan fingerprint density at radius 3 is 2.50 bits per heavy atom. The summed E-state index contributed by atoms with van der Waals surface area (Å²) in [4.78, 5) is 18.3. The van der Waals surface area contributed by atoms with Crippen molar-refractivity contribution in [3.8, 4) is 0 Å². The van der Waals surface area contributed by atoms with E-state index in [0.29, 0.717) is 11.5 Å². The van der Waals surface area contributed by atoms with E-state index in [9.17, 15) is 4.79 Å². The molecule has 0 atom stereocenters. The van der Waals surface area contributed by atoms with Crippen LogP contribution in [-0.2, 0) is 4.79 Å². The number of hydrogen-bond donors (Lipinski definition) is 1. The van der Waals surface area contributed by atoms with Gasteiger partial charge in [0.2, 0.25) is 5.91 Å². The molecule has 2 aromatic carbocycles. The number of hydrogen-bond acceptors (Lipinski definition) is 4. The molecule has 0 aliphatic carbocycles. The third-order valence-electron chi connectivity index (χ3n) is 3.83. The number of para-hydroxylation sites is 1. The Morgan fingerprint density at radius 2 is 1.75 bits per heavy atom. The maximum atomic E-state index is 12.3. The van der Waals surface area contributed by atoms with Gasteiger partial charge in [-0.05, 0) is 6.07 Å². The molecule has 4 rings (SSSR count). The summed E-state index contributed by atoms with van der Waals surface area (Å²) in [5.41, 5.74) is 6.33. The zero-order valence-corrected chi connectivity index (χ0v) is 13.7. The first-order chi connectivity index (χ1) is 11.3. The molecule has 120 valence electrons. The standard InChI is InChI=1S/C18H14N4O.ClH/c1-12(23)22-16-11-19-15-10-6-5-9-14(15)17(16)20-21-18(22)13-7-3-2-4-8-13;/h2-11,20H,1H3;1H. The van der Waals surface area contributed by atoms with E-state index in [2.05, 4.69) is 15.5 Å². The second-order valence-corrected chi connectivity index (χ2v) is 5.30. The number of aromatic nitrogens is 1. The van der Waals surface area contributed by atoms with Gasteiger partial charge in [0.25, 0.3) is 0 Å². The minimum absolute atomic E-state index is 0. The fraction of sp³-hybridized carbons (Fsp3) is 0.0556. The van der Waals surface area contributed by atoms with E-state index in [1.807, 2.05) is 54.6 Å². The van der Waals surface area contributed by atoms with Crippen molar-refractivity contribution in [3.63, 3.8) is 0 Å². The van der Waals surface area contributed by atoms with Crippen LogP contribution in [0.15, 0.2) is 65.9 Å². The smallest absolute Gasteiger partial charge is 0.229 e. The van der Waals surface area contributed by atoms with E-state index in [-0.39, 0.29) is 18.3 Å². The average Bonchev–Trinajstić information content (AvgIpc) is 2.61. The van der Waals surface area contributed by atoms with Gasteiger partial charge >= 0.3 is 0 Å². The van der Waals surface area contributed by atoms with Crippen molar-refractivity contribution in [3.05, 3.63) is 66.4 Å². The van der Waals surface area contributed by atoms with Gasteiger partial charge in [0.15, 0.2) is 5.84 Å².